The zero-order valence-corrected chi connectivity index (χ0v) is 12.6. The predicted molar refractivity (Wildman–Crippen MR) is 73.3 cm³/mol. The number of hydrogen-bond donors (Lipinski definition) is 0. The molecule has 0 spiro atoms. The average molecular weight is 333 g/mol. The molecular weight excluding hydrogens is 320 g/mol. The number of halogens is 2. The molecule has 1 aromatic rings. The summed E-state index contributed by atoms with van der Waals surface area (Å²) in [4.78, 5) is 24.4. The van der Waals surface area contributed by atoms with Gasteiger partial charge in [-0.25, -0.2) is 9.18 Å². The Morgan fingerprint density at radius 1 is 1.41 bits per heavy atom. The van der Waals surface area contributed by atoms with Crippen LogP contribution in [-0.2, 0) is 19.8 Å². The summed E-state index contributed by atoms with van der Waals surface area (Å²) < 4.78 is 53.1. The third kappa shape index (κ3) is 2.94. The Balaban J connectivity index is 2.45. The van der Waals surface area contributed by atoms with Crippen LogP contribution in [0.2, 0.25) is 0 Å². The molecule has 1 aliphatic rings. The number of esters is 1. The molecule has 0 bridgehead atoms. The molecule has 9 heteroatoms. The van der Waals surface area contributed by atoms with Crippen molar-refractivity contribution in [2.75, 3.05) is 18.6 Å². The number of amides is 1. The first kappa shape index (κ1) is 16.3. The maximum atomic E-state index is 13.8. The molecule has 1 aliphatic heterocycles. The van der Waals surface area contributed by atoms with E-state index in [4.69, 9.17) is 0 Å². The summed E-state index contributed by atoms with van der Waals surface area (Å²) in [5, 5.41) is -1.47. The van der Waals surface area contributed by atoms with Crippen molar-refractivity contribution in [2.45, 2.75) is 18.6 Å². The molecule has 1 aromatic carbocycles. The van der Waals surface area contributed by atoms with Gasteiger partial charge in [0.1, 0.15) is 11.1 Å². The average Bonchev–Trinajstić information content (AvgIpc) is 2.80. The van der Waals surface area contributed by atoms with E-state index >= 15 is 0 Å². The third-order valence-electron chi connectivity index (χ3n) is 3.47. The maximum absolute atomic E-state index is 13.8. The summed E-state index contributed by atoms with van der Waals surface area (Å²) in [7, 11) is -3.78. The van der Waals surface area contributed by atoms with Gasteiger partial charge in [-0.3, -0.25) is 4.79 Å². The van der Waals surface area contributed by atoms with E-state index < -0.39 is 39.6 Å². The SMILES string of the molecule is COC(=O)c1cc(N2CC(S(=O)(=O)F)CC2=O)c(C)cc1F. The van der Waals surface area contributed by atoms with Gasteiger partial charge in [0.25, 0.3) is 0 Å². The molecule has 1 saturated heterocycles. The van der Waals surface area contributed by atoms with Gasteiger partial charge in [-0.2, -0.15) is 8.42 Å². The van der Waals surface area contributed by atoms with Crippen molar-refractivity contribution in [2.24, 2.45) is 0 Å². The van der Waals surface area contributed by atoms with Crippen LogP contribution in [0, 0.1) is 12.7 Å². The Kier molecular flexibility index (Phi) is 4.19. The number of aryl methyl sites for hydroxylation is 1. The number of methoxy groups -OCH3 is 1. The minimum atomic E-state index is -4.86. The minimum Gasteiger partial charge on any atom is -0.465 e. The molecular formula is C13H13F2NO5S. The fourth-order valence-electron chi connectivity index (χ4n) is 2.31. The van der Waals surface area contributed by atoms with Crippen molar-refractivity contribution in [3.05, 3.63) is 29.1 Å². The monoisotopic (exact) mass is 333 g/mol. The largest absolute Gasteiger partial charge is 0.465 e. The molecule has 6 nitrogen and oxygen atoms in total. The van der Waals surface area contributed by atoms with Crippen LogP contribution in [0.25, 0.3) is 0 Å². The smallest absolute Gasteiger partial charge is 0.340 e. The van der Waals surface area contributed by atoms with Crippen LogP contribution in [0.3, 0.4) is 0 Å². The van der Waals surface area contributed by atoms with Gasteiger partial charge in [0, 0.05) is 18.7 Å². The summed E-state index contributed by atoms with van der Waals surface area (Å²) in [6.07, 6.45) is -0.497. The van der Waals surface area contributed by atoms with Crippen LogP contribution in [0.4, 0.5) is 14.0 Å². The molecule has 1 heterocycles. The van der Waals surface area contributed by atoms with E-state index in [1.807, 2.05) is 0 Å². The van der Waals surface area contributed by atoms with Crippen LogP contribution in [0.1, 0.15) is 22.3 Å². The lowest BCUT2D eigenvalue weighted by molar-refractivity contribution is -0.117. The first-order valence-corrected chi connectivity index (χ1v) is 7.72. The fourth-order valence-corrected chi connectivity index (χ4v) is 2.98. The van der Waals surface area contributed by atoms with E-state index in [0.29, 0.717) is 5.56 Å². The highest BCUT2D eigenvalue weighted by molar-refractivity contribution is 7.87. The highest BCUT2D eigenvalue weighted by Gasteiger charge is 2.39. The lowest BCUT2D eigenvalue weighted by Gasteiger charge is -2.19. The van der Waals surface area contributed by atoms with Gasteiger partial charge < -0.3 is 9.64 Å². The van der Waals surface area contributed by atoms with Crippen LogP contribution in [-0.4, -0.2) is 39.2 Å². The van der Waals surface area contributed by atoms with E-state index in [1.165, 1.54) is 6.92 Å². The normalized spacial score (nSPS) is 18.6. The fraction of sp³-hybridized carbons (Fsp3) is 0.385. The number of rotatable bonds is 3. The van der Waals surface area contributed by atoms with Crippen molar-refractivity contribution < 1.29 is 31.0 Å². The molecule has 2 rings (SSSR count). The van der Waals surface area contributed by atoms with Crippen molar-refractivity contribution in [1.29, 1.82) is 0 Å². The molecule has 0 N–H and O–H groups in total. The maximum Gasteiger partial charge on any atom is 0.340 e. The molecule has 120 valence electrons. The number of anilines is 1. The quantitative estimate of drug-likeness (QED) is 0.616. The lowest BCUT2D eigenvalue weighted by Crippen LogP contribution is -2.28. The van der Waals surface area contributed by atoms with Gasteiger partial charge in [-0.15, -0.1) is 3.89 Å². The molecule has 1 atom stereocenters. The first-order chi connectivity index (χ1) is 10.1. The van der Waals surface area contributed by atoms with E-state index in [0.717, 1.165) is 24.1 Å². The molecule has 0 aliphatic carbocycles. The van der Waals surface area contributed by atoms with Crippen molar-refractivity contribution in [3.63, 3.8) is 0 Å². The van der Waals surface area contributed by atoms with E-state index in [1.54, 1.807) is 0 Å². The van der Waals surface area contributed by atoms with Gasteiger partial charge in [-0.05, 0) is 24.6 Å². The Morgan fingerprint density at radius 3 is 2.55 bits per heavy atom. The molecule has 0 saturated carbocycles. The van der Waals surface area contributed by atoms with Crippen LogP contribution >= 0.6 is 0 Å². The van der Waals surface area contributed by atoms with E-state index in [-0.39, 0.29) is 17.8 Å². The summed E-state index contributed by atoms with van der Waals surface area (Å²) in [5.41, 5.74) is 0.0795. The van der Waals surface area contributed by atoms with E-state index in [2.05, 4.69) is 4.74 Å². The topological polar surface area (TPSA) is 80.8 Å². The molecule has 1 amide bonds. The molecule has 0 aromatic heterocycles. The number of ether oxygens (including phenoxy) is 1. The number of benzene rings is 1. The predicted octanol–water partition coefficient (Wildman–Crippen LogP) is 1.33. The van der Waals surface area contributed by atoms with Gasteiger partial charge in [0.05, 0.1) is 12.7 Å². The summed E-state index contributed by atoms with van der Waals surface area (Å²) in [6, 6.07) is 2.13. The summed E-state index contributed by atoms with van der Waals surface area (Å²) >= 11 is 0. The van der Waals surface area contributed by atoms with Gasteiger partial charge in [0.15, 0.2) is 0 Å². The molecule has 1 unspecified atom stereocenters. The zero-order chi connectivity index (χ0) is 16.7. The van der Waals surface area contributed by atoms with Crippen LogP contribution < -0.4 is 4.90 Å². The van der Waals surface area contributed by atoms with Crippen LogP contribution in [0.5, 0.6) is 0 Å². The number of carbonyl (C=O) groups excluding carboxylic acids is 2. The number of hydrogen-bond acceptors (Lipinski definition) is 5. The Morgan fingerprint density at radius 2 is 2.05 bits per heavy atom. The second-order valence-corrected chi connectivity index (χ2v) is 6.53. The standard InChI is InChI=1S/C13H13F2NO5S/c1-7-3-10(14)9(13(18)21-2)5-11(7)16-6-8(4-12(16)17)22(15,19)20/h3,5,8H,4,6H2,1-2H3. The number of nitrogens with zero attached hydrogens (tertiary/aromatic N) is 1. The van der Waals surface area contributed by atoms with Crippen LogP contribution in [0.15, 0.2) is 12.1 Å². The second-order valence-electron chi connectivity index (χ2n) is 4.92. The van der Waals surface area contributed by atoms with Gasteiger partial charge in [-0.1, -0.05) is 0 Å². The summed E-state index contributed by atoms with van der Waals surface area (Å²) in [5.74, 6) is -2.37. The highest BCUT2D eigenvalue weighted by atomic mass is 32.3. The molecule has 22 heavy (non-hydrogen) atoms. The summed E-state index contributed by atoms with van der Waals surface area (Å²) in [6.45, 7) is 1.11. The molecule has 1 fully saturated rings. The second kappa shape index (κ2) is 5.64. The van der Waals surface area contributed by atoms with Crippen molar-refractivity contribution >= 4 is 27.8 Å². The minimum absolute atomic E-state index is 0.151. The van der Waals surface area contributed by atoms with Gasteiger partial charge in [0.2, 0.25) is 5.91 Å². The van der Waals surface area contributed by atoms with E-state index in [9.17, 15) is 26.3 Å². The Bertz CT molecular complexity index is 747. The first-order valence-electron chi connectivity index (χ1n) is 6.27. The highest BCUT2D eigenvalue weighted by Crippen LogP contribution is 2.30. The van der Waals surface area contributed by atoms with Gasteiger partial charge >= 0.3 is 16.2 Å². The lowest BCUT2D eigenvalue weighted by atomic mass is 10.1. The van der Waals surface area contributed by atoms with Crippen molar-refractivity contribution in [1.82, 2.24) is 0 Å². The third-order valence-corrected chi connectivity index (χ3v) is 4.58. The molecule has 0 radical (unpaired) electrons. The number of carbonyl (C=O) groups is 2. The Hall–Kier alpha value is -2.03. The Labute approximate surface area is 125 Å². The van der Waals surface area contributed by atoms with Crippen molar-refractivity contribution in [3.8, 4) is 0 Å². The zero-order valence-electron chi connectivity index (χ0n) is 11.8.